The van der Waals surface area contributed by atoms with E-state index in [2.05, 4.69) is 17.9 Å². The molecular formula is C16H26N2O2. The van der Waals surface area contributed by atoms with Crippen LogP contribution in [0.4, 0.5) is 5.69 Å². The van der Waals surface area contributed by atoms with E-state index in [0.29, 0.717) is 12.0 Å². The van der Waals surface area contributed by atoms with Gasteiger partial charge in [0.15, 0.2) is 0 Å². The number of nitrogens with zero attached hydrogens (tertiary/aromatic N) is 1. The van der Waals surface area contributed by atoms with Crippen LogP contribution in [0.3, 0.4) is 0 Å². The molecule has 0 bridgehead atoms. The Hall–Kier alpha value is -1.42. The monoisotopic (exact) mass is 278 g/mol. The smallest absolute Gasteiger partial charge is 0.142 e. The highest BCUT2D eigenvalue weighted by atomic mass is 16.5. The molecule has 2 rings (SSSR count). The third kappa shape index (κ3) is 3.37. The van der Waals surface area contributed by atoms with Crippen LogP contribution in [-0.2, 0) is 0 Å². The summed E-state index contributed by atoms with van der Waals surface area (Å²) in [6.07, 6.45) is 3.37. The summed E-state index contributed by atoms with van der Waals surface area (Å²) in [6.45, 7) is 4.27. The molecule has 1 fully saturated rings. The van der Waals surface area contributed by atoms with E-state index in [1.165, 1.54) is 6.42 Å². The number of hydrogen-bond acceptors (Lipinski definition) is 4. The maximum Gasteiger partial charge on any atom is 0.142 e. The summed E-state index contributed by atoms with van der Waals surface area (Å²) in [5, 5.41) is 0. The summed E-state index contributed by atoms with van der Waals surface area (Å²) in [4.78, 5) is 2.38. The lowest BCUT2D eigenvalue weighted by atomic mass is 9.98. The Bertz CT molecular complexity index is 436. The number of ether oxygens (including phenoxy) is 2. The van der Waals surface area contributed by atoms with Gasteiger partial charge in [-0.2, -0.15) is 0 Å². The molecule has 0 saturated carbocycles. The number of methoxy groups -OCH3 is 2. The van der Waals surface area contributed by atoms with Crippen LogP contribution in [0, 0.1) is 5.92 Å². The summed E-state index contributed by atoms with van der Waals surface area (Å²) < 4.78 is 10.8. The highest BCUT2D eigenvalue weighted by Crippen LogP contribution is 2.36. The van der Waals surface area contributed by atoms with Gasteiger partial charge in [0.25, 0.3) is 0 Å². The molecule has 20 heavy (non-hydrogen) atoms. The fraction of sp³-hybridized carbons (Fsp3) is 0.625. The van der Waals surface area contributed by atoms with Crippen LogP contribution in [0.25, 0.3) is 0 Å². The summed E-state index contributed by atoms with van der Waals surface area (Å²) in [5.41, 5.74) is 7.20. The molecule has 2 unspecified atom stereocenters. The molecular weight excluding hydrogens is 252 g/mol. The van der Waals surface area contributed by atoms with Crippen molar-refractivity contribution >= 4 is 5.69 Å². The van der Waals surface area contributed by atoms with Crippen LogP contribution >= 0.6 is 0 Å². The maximum atomic E-state index is 6.08. The van der Waals surface area contributed by atoms with Crippen LogP contribution in [0.1, 0.15) is 26.2 Å². The lowest BCUT2D eigenvalue weighted by Crippen LogP contribution is -2.25. The largest absolute Gasteiger partial charge is 0.497 e. The van der Waals surface area contributed by atoms with E-state index >= 15 is 0 Å². The van der Waals surface area contributed by atoms with Gasteiger partial charge in [0.05, 0.1) is 19.9 Å². The van der Waals surface area contributed by atoms with Crippen molar-refractivity contribution in [1.29, 1.82) is 0 Å². The van der Waals surface area contributed by atoms with Crippen molar-refractivity contribution in [2.75, 3.05) is 32.2 Å². The molecule has 0 aromatic heterocycles. The van der Waals surface area contributed by atoms with E-state index in [0.717, 1.165) is 43.1 Å². The van der Waals surface area contributed by atoms with E-state index in [-0.39, 0.29) is 0 Å². The van der Waals surface area contributed by atoms with Crippen LogP contribution < -0.4 is 20.1 Å². The van der Waals surface area contributed by atoms with Gasteiger partial charge in [-0.3, -0.25) is 0 Å². The minimum Gasteiger partial charge on any atom is -0.497 e. The average Bonchev–Trinajstić information content (AvgIpc) is 2.94. The molecule has 1 aliphatic heterocycles. The number of rotatable bonds is 6. The third-order valence-corrected chi connectivity index (χ3v) is 4.17. The molecule has 0 spiro atoms. The first-order chi connectivity index (χ1) is 9.67. The van der Waals surface area contributed by atoms with Gasteiger partial charge >= 0.3 is 0 Å². The van der Waals surface area contributed by atoms with Crippen LogP contribution in [0.5, 0.6) is 11.5 Å². The Labute approximate surface area is 121 Å². The first kappa shape index (κ1) is 15.0. The Balaban J connectivity index is 2.08. The Morgan fingerprint density at radius 2 is 2.15 bits per heavy atom. The zero-order valence-corrected chi connectivity index (χ0v) is 12.8. The van der Waals surface area contributed by atoms with Gasteiger partial charge in [-0.15, -0.1) is 0 Å². The molecule has 1 aromatic carbocycles. The first-order valence-corrected chi connectivity index (χ1v) is 7.40. The second kappa shape index (κ2) is 6.84. The number of nitrogens with two attached hydrogens (primary N) is 1. The maximum absolute atomic E-state index is 6.08. The fourth-order valence-electron chi connectivity index (χ4n) is 2.88. The number of anilines is 1. The molecule has 2 atom stereocenters. The van der Waals surface area contributed by atoms with Crippen molar-refractivity contribution in [2.45, 2.75) is 32.2 Å². The van der Waals surface area contributed by atoms with Gasteiger partial charge in [0.2, 0.25) is 0 Å². The van der Waals surface area contributed by atoms with E-state index < -0.39 is 0 Å². The minimum absolute atomic E-state index is 0.326. The van der Waals surface area contributed by atoms with E-state index in [1.54, 1.807) is 14.2 Å². The lowest BCUT2D eigenvalue weighted by molar-refractivity contribution is 0.403. The fourth-order valence-corrected chi connectivity index (χ4v) is 2.88. The predicted molar refractivity (Wildman–Crippen MR) is 82.7 cm³/mol. The van der Waals surface area contributed by atoms with E-state index in [9.17, 15) is 0 Å². The number of hydrogen-bond donors (Lipinski definition) is 1. The normalized spacial score (nSPS) is 20.0. The summed E-state index contributed by atoms with van der Waals surface area (Å²) >= 11 is 0. The zero-order valence-electron chi connectivity index (χ0n) is 12.8. The quantitative estimate of drug-likeness (QED) is 0.869. The Kier molecular flexibility index (Phi) is 5.12. The first-order valence-electron chi connectivity index (χ1n) is 7.40. The van der Waals surface area contributed by atoms with Gasteiger partial charge in [-0.25, -0.2) is 0 Å². The third-order valence-electron chi connectivity index (χ3n) is 4.17. The SMILES string of the molecule is CCC(N)CC1CCN(c2cc(OC)ccc2OC)C1. The summed E-state index contributed by atoms with van der Waals surface area (Å²) in [7, 11) is 3.41. The minimum atomic E-state index is 0.326. The predicted octanol–water partition coefficient (Wildman–Crippen LogP) is 2.66. The molecule has 1 aliphatic rings. The molecule has 0 radical (unpaired) electrons. The Morgan fingerprint density at radius 1 is 1.35 bits per heavy atom. The van der Waals surface area contributed by atoms with Crippen molar-refractivity contribution in [3.63, 3.8) is 0 Å². The molecule has 4 nitrogen and oxygen atoms in total. The summed E-state index contributed by atoms with van der Waals surface area (Å²) in [6, 6.07) is 6.29. The molecule has 0 amide bonds. The van der Waals surface area contributed by atoms with Crippen molar-refractivity contribution in [1.82, 2.24) is 0 Å². The second-order valence-electron chi connectivity index (χ2n) is 5.54. The highest BCUT2D eigenvalue weighted by Gasteiger charge is 2.26. The number of benzene rings is 1. The summed E-state index contributed by atoms with van der Waals surface area (Å²) in [5.74, 6) is 2.46. The van der Waals surface area contributed by atoms with Crippen LogP contribution in [0.2, 0.25) is 0 Å². The topological polar surface area (TPSA) is 47.7 Å². The molecule has 4 heteroatoms. The van der Waals surface area contributed by atoms with Crippen LogP contribution in [0.15, 0.2) is 18.2 Å². The average molecular weight is 278 g/mol. The Morgan fingerprint density at radius 3 is 2.80 bits per heavy atom. The van der Waals surface area contributed by atoms with Gasteiger partial charge in [0.1, 0.15) is 11.5 Å². The van der Waals surface area contributed by atoms with Gasteiger partial charge in [0, 0.05) is 25.2 Å². The van der Waals surface area contributed by atoms with E-state index in [4.69, 9.17) is 15.2 Å². The molecule has 1 aromatic rings. The van der Waals surface area contributed by atoms with Crippen LogP contribution in [-0.4, -0.2) is 33.4 Å². The molecule has 2 N–H and O–H groups in total. The zero-order chi connectivity index (χ0) is 14.5. The lowest BCUT2D eigenvalue weighted by Gasteiger charge is -2.22. The van der Waals surface area contributed by atoms with Gasteiger partial charge < -0.3 is 20.1 Å². The van der Waals surface area contributed by atoms with Crippen molar-refractivity contribution in [3.05, 3.63) is 18.2 Å². The molecule has 0 aliphatic carbocycles. The molecule has 1 saturated heterocycles. The van der Waals surface area contributed by atoms with Crippen molar-refractivity contribution in [2.24, 2.45) is 11.7 Å². The van der Waals surface area contributed by atoms with Crippen molar-refractivity contribution in [3.8, 4) is 11.5 Å². The van der Waals surface area contributed by atoms with Gasteiger partial charge in [-0.1, -0.05) is 6.92 Å². The van der Waals surface area contributed by atoms with E-state index in [1.807, 2.05) is 12.1 Å². The van der Waals surface area contributed by atoms with Crippen molar-refractivity contribution < 1.29 is 9.47 Å². The standard InChI is InChI=1S/C16H26N2O2/c1-4-13(17)9-12-7-8-18(11-12)15-10-14(19-2)5-6-16(15)20-3/h5-6,10,12-13H,4,7-9,11,17H2,1-3H3. The highest BCUT2D eigenvalue weighted by molar-refractivity contribution is 5.62. The van der Waals surface area contributed by atoms with Gasteiger partial charge in [-0.05, 0) is 37.3 Å². The molecule has 112 valence electrons. The second-order valence-corrected chi connectivity index (χ2v) is 5.54. The molecule has 1 heterocycles.